The Balaban J connectivity index is 1.79. The van der Waals surface area contributed by atoms with Crippen LogP contribution >= 0.6 is 11.8 Å². The molecule has 2 aromatic carbocycles. The van der Waals surface area contributed by atoms with Gasteiger partial charge in [-0.2, -0.15) is 4.99 Å². The summed E-state index contributed by atoms with van der Waals surface area (Å²) in [6.07, 6.45) is 0. The van der Waals surface area contributed by atoms with Gasteiger partial charge in [0.2, 0.25) is 5.78 Å². The minimum atomic E-state index is -1.29. The third-order valence-electron chi connectivity index (χ3n) is 4.72. The fourth-order valence-electron chi connectivity index (χ4n) is 3.62. The lowest BCUT2D eigenvalue weighted by Gasteiger charge is -2.40. The molecule has 2 heterocycles. The molecule has 25 heavy (non-hydrogen) atoms. The first-order valence-corrected chi connectivity index (χ1v) is 8.72. The average molecular weight is 349 g/mol. The van der Waals surface area contributed by atoms with Crippen LogP contribution in [-0.2, 0) is 19.9 Å². The molecule has 0 atom stereocenters. The Bertz CT molecular complexity index is 969. The van der Waals surface area contributed by atoms with Crippen molar-refractivity contribution in [3.8, 4) is 11.1 Å². The van der Waals surface area contributed by atoms with Crippen LogP contribution in [0.15, 0.2) is 53.5 Å². The largest absolute Gasteiger partial charge is 0.311 e. The number of Topliss-reactive ketones (excluding diaryl/α,β-unsaturated/α-hetero) is 1. The standard InChI is InChI=1S/C18H11N3O3S/c22-14-9-25-17-19-16(24)18(20-21(17)15(14)23)12-7-3-1-5-10(12)11-6-2-4-8-13(11)18/h1-8,20H,9H2. The molecule has 0 aromatic heterocycles. The maximum atomic E-state index is 13.1. The summed E-state index contributed by atoms with van der Waals surface area (Å²) in [6, 6.07) is 15.1. The van der Waals surface area contributed by atoms with E-state index >= 15 is 0 Å². The number of aliphatic imine (C=N–C) groups is 1. The number of thioether (sulfide) groups is 1. The number of hydrogen-bond donors (Lipinski definition) is 1. The lowest BCUT2D eigenvalue weighted by atomic mass is 9.87. The van der Waals surface area contributed by atoms with Gasteiger partial charge in [0.25, 0.3) is 5.91 Å². The van der Waals surface area contributed by atoms with Gasteiger partial charge in [0, 0.05) is 0 Å². The zero-order valence-corrected chi connectivity index (χ0v) is 13.7. The summed E-state index contributed by atoms with van der Waals surface area (Å²) in [5.41, 5.74) is 5.05. The molecular formula is C18H11N3O3S. The van der Waals surface area contributed by atoms with E-state index in [4.69, 9.17) is 0 Å². The number of fused-ring (bicyclic) bond motifs is 6. The fraction of sp³-hybridized carbons (Fsp3) is 0.111. The second kappa shape index (κ2) is 4.87. The molecular weight excluding hydrogens is 338 g/mol. The van der Waals surface area contributed by atoms with Crippen molar-refractivity contribution in [2.75, 3.05) is 5.75 Å². The van der Waals surface area contributed by atoms with E-state index in [-0.39, 0.29) is 16.8 Å². The molecule has 0 saturated carbocycles. The first-order chi connectivity index (χ1) is 12.1. The van der Waals surface area contributed by atoms with Crippen LogP contribution in [0.25, 0.3) is 11.1 Å². The molecule has 1 spiro atoms. The number of rotatable bonds is 0. The van der Waals surface area contributed by atoms with E-state index in [1.54, 1.807) is 0 Å². The van der Waals surface area contributed by atoms with Crippen molar-refractivity contribution < 1.29 is 14.4 Å². The van der Waals surface area contributed by atoms with Gasteiger partial charge in [0.05, 0.1) is 5.75 Å². The first-order valence-electron chi connectivity index (χ1n) is 7.73. The molecule has 0 radical (unpaired) electrons. The zero-order chi connectivity index (χ0) is 17.2. The summed E-state index contributed by atoms with van der Waals surface area (Å²) in [5, 5.41) is 1.35. The predicted molar refractivity (Wildman–Crippen MR) is 92.5 cm³/mol. The van der Waals surface area contributed by atoms with Gasteiger partial charge in [-0.1, -0.05) is 60.3 Å². The molecule has 2 aromatic rings. The summed E-state index contributed by atoms with van der Waals surface area (Å²) >= 11 is 1.09. The van der Waals surface area contributed by atoms with Gasteiger partial charge in [-0.3, -0.25) is 14.4 Å². The summed E-state index contributed by atoms with van der Waals surface area (Å²) in [7, 11) is 0. The van der Waals surface area contributed by atoms with Crippen molar-refractivity contribution in [2.24, 2.45) is 4.99 Å². The highest BCUT2D eigenvalue weighted by molar-refractivity contribution is 8.14. The lowest BCUT2D eigenvalue weighted by molar-refractivity contribution is -0.145. The van der Waals surface area contributed by atoms with Crippen molar-refractivity contribution in [3.63, 3.8) is 0 Å². The maximum absolute atomic E-state index is 13.1. The molecule has 1 saturated heterocycles. The molecule has 0 unspecified atom stereocenters. The molecule has 2 amide bonds. The number of ketones is 1. The molecule has 6 nitrogen and oxygen atoms in total. The van der Waals surface area contributed by atoms with Crippen LogP contribution < -0.4 is 5.43 Å². The summed E-state index contributed by atoms with van der Waals surface area (Å²) in [4.78, 5) is 41.4. The third kappa shape index (κ3) is 1.74. The van der Waals surface area contributed by atoms with Gasteiger partial charge in [0.15, 0.2) is 10.7 Å². The predicted octanol–water partition coefficient (Wildman–Crippen LogP) is 1.46. The van der Waals surface area contributed by atoms with Gasteiger partial charge in [-0.15, -0.1) is 0 Å². The van der Waals surface area contributed by atoms with Crippen LogP contribution in [0.2, 0.25) is 0 Å². The Morgan fingerprint density at radius 2 is 1.56 bits per heavy atom. The van der Waals surface area contributed by atoms with Crippen LogP contribution in [-0.4, -0.2) is 33.5 Å². The van der Waals surface area contributed by atoms with Crippen molar-refractivity contribution in [3.05, 3.63) is 59.7 Å². The molecule has 0 bridgehead atoms. The molecule has 3 aliphatic rings. The second-order valence-electron chi connectivity index (χ2n) is 6.00. The molecule has 2 aliphatic heterocycles. The van der Waals surface area contributed by atoms with Crippen molar-refractivity contribution in [1.29, 1.82) is 0 Å². The highest BCUT2D eigenvalue weighted by atomic mass is 32.2. The lowest BCUT2D eigenvalue weighted by Crippen LogP contribution is -2.65. The summed E-state index contributed by atoms with van der Waals surface area (Å²) in [5.74, 6) is -1.58. The van der Waals surface area contributed by atoms with E-state index in [0.29, 0.717) is 0 Å². The summed E-state index contributed by atoms with van der Waals surface area (Å²) < 4.78 is 0. The van der Waals surface area contributed by atoms with Crippen molar-refractivity contribution >= 4 is 34.5 Å². The monoisotopic (exact) mass is 349 g/mol. The highest BCUT2D eigenvalue weighted by Crippen LogP contribution is 2.49. The second-order valence-corrected chi connectivity index (χ2v) is 6.95. The number of amides is 2. The number of amidine groups is 1. The van der Waals surface area contributed by atoms with Gasteiger partial charge in [0.1, 0.15) is 0 Å². The first kappa shape index (κ1) is 14.6. The number of nitrogens with zero attached hydrogens (tertiary/aromatic N) is 2. The number of benzene rings is 2. The molecule has 122 valence electrons. The minimum absolute atomic E-state index is 0.00327. The quantitative estimate of drug-likeness (QED) is 0.729. The number of hydrogen-bond acceptors (Lipinski definition) is 5. The van der Waals surface area contributed by atoms with Crippen LogP contribution in [0.3, 0.4) is 0 Å². The molecule has 7 heteroatoms. The minimum Gasteiger partial charge on any atom is -0.288 e. The Hall–Kier alpha value is -2.77. The van der Waals surface area contributed by atoms with E-state index in [1.807, 2.05) is 48.5 Å². The van der Waals surface area contributed by atoms with Gasteiger partial charge >= 0.3 is 5.91 Å². The smallest absolute Gasteiger partial charge is 0.288 e. The topological polar surface area (TPSA) is 78.8 Å². The number of nitrogens with one attached hydrogen (secondary N) is 1. The Morgan fingerprint density at radius 1 is 0.960 bits per heavy atom. The Labute approximate surface area is 146 Å². The molecule has 1 N–H and O–H groups in total. The van der Waals surface area contributed by atoms with E-state index in [2.05, 4.69) is 10.4 Å². The highest BCUT2D eigenvalue weighted by Gasteiger charge is 2.55. The number of carbonyl (C=O) groups excluding carboxylic acids is 3. The number of hydrazine groups is 1. The zero-order valence-electron chi connectivity index (χ0n) is 12.9. The average Bonchev–Trinajstić information content (AvgIpc) is 2.92. The van der Waals surface area contributed by atoms with Crippen LogP contribution in [0.4, 0.5) is 0 Å². The maximum Gasteiger partial charge on any atom is 0.311 e. The van der Waals surface area contributed by atoms with Gasteiger partial charge in [-0.25, -0.2) is 10.4 Å². The van der Waals surface area contributed by atoms with Gasteiger partial charge < -0.3 is 0 Å². The Morgan fingerprint density at radius 3 is 2.20 bits per heavy atom. The van der Waals surface area contributed by atoms with Crippen LogP contribution in [0, 0.1) is 0 Å². The van der Waals surface area contributed by atoms with Crippen molar-refractivity contribution in [2.45, 2.75) is 5.54 Å². The van der Waals surface area contributed by atoms with Crippen LogP contribution in [0.5, 0.6) is 0 Å². The van der Waals surface area contributed by atoms with E-state index in [0.717, 1.165) is 39.0 Å². The fourth-order valence-corrected chi connectivity index (χ4v) is 4.41. The molecule has 5 rings (SSSR count). The number of carbonyl (C=O) groups is 3. The SMILES string of the molecule is O=C1CSC2=NC(=O)C3(NN2C1=O)c1ccccc1-c1ccccc13. The normalized spacial score (nSPS) is 20.2. The molecule has 1 fully saturated rings. The molecule has 1 aliphatic carbocycles. The van der Waals surface area contributed by atoms with E-state index in [1.165, 1.54) is 0 Å². The third-order valence-corrected chi connectivity index (χ3v) is 5.65. The Kier molecular flexibility index (Phi) is 2.84. The van der Waals surface area contributed by atoms with Crippen LogP contribution in [0.1, 0.15) is 11.1 Å². The summed E-state index contributed by atoms with van der Waals surface area (Å²) in [6.45, 7) is 0. The van der Waals surface area contributed by atoms with Crippen molar-refractivity contribution in [1.82, 2.24) is 10.4 Å². The van der Waals surface area contributed by atoms with Gasteiger partial charge in [-0.05, 0) is 22.3 Å². The van der Waals surface area contributed by atoms with E-state index in [9.17, 15) is 14.4 Å². The van der Waals surface area contributed by atoms with E-state index < -0.39 is 17.2 Å².